The highest BCUT2D eigenvalue weighted by molar-refractivity contribution is 7.81. The predicted octanol–water partition coefficient (Wildman–Crippen LogP) is 6.19. The van der Waals surface area contributed by atoms with Crippen molar-refractivity contribution in [3.05, 3.63) is 82.8 Å². The molecular weight excluding hydrogens is 624 g/mol. The molecule has 2 aromatic heterocycles. The lowest BCUT2D eigenvalue weighted by atomic mass is 10.1. The Balaban J connectivity index is 1.59. The van der Waals surface area contributed by atoms with Gasteiger partial charge in [0.2, 0.25) is 0 Å². The average Bonchev–Trinajstić information content (AvgIpc) is 3.53. The number of aryl methyl sites for hydroxylation is 1. The van der Waals surface area contributed by atoms with Gasteiger partial charge in [0.15, 0.2) is 28.8 Å². The van der Waals surface area contributed by atoms with Gasteiger partial charge >= 0.3 is 22.3 Å². The van der Waals surface area contributed by atoms with E-state index in [0.717, 1.165) is 5.56 Å². The quantitative estimate of drug-likeness (QED) is 0.113. The predicted molar refractivity (Wildman–Crippen MR) is 163 cm³/mol. The van der Waals surface area contributed by atoms with Gasteiger partial charge in [0.05, 0.1) is 20.3 Å². The Labute approximate surface area is 263 Å². The van der Waals surface area contributed by atoms with Crippen molar-refractivity contribution in [2.75, 3.05) is 20.3 Å². The van der Waals surface area contributed by atoms with Crippen LogP contribution in [0.5, 0.6) is 23.0 Å². The van der Waals surface area contributed by atoms with E-state index in [1.54, 1.807) is 32.9 Å². The Hall–Kier alpha value is -5.21. The summed E-state index contributed by atoms with van der Waals surface area (Å²) < 4.78 is 76.6. The highest BCUT2D eigenvalue weighted by atomic mass is 32.3. The second kappa shape index (κ2) is 13.4. The van der Waals surface area contributed by atoms with Crippen LogP contribution in [0.2, 0.25) is 0 Å². The van der Waals surface area contributed by atoms with E-state index in [1.807, 2.05) is 30.3 Å². The number of furan rings is 2. The van der Waals surface area contributed by atoms with Gasteiger partial charge in [0.1, 0.15) is 41.3 Å². The van der Waals surface area contributed by atoms with Gasteiger partial charge in [-0.25, -0.2) is 9.59 Å². The van der Waals surface area contributed by atoms with E-state index >= 15 is 0 Å². The Morgan fingerprint density at radius 3 is 1.98 bits per heavy atom. The third kappa shape index (κ3) is 6.87. The molecule has 0 aliphatic rings. The van der Waals surface area contributed by atoms with Crippen LogP contribution in [-0.4, -0.2) is 45.2 Å². The van der Waals surface area contributed by atoms with Crippen LogP contribution in [0, 0.1) is 6.92 Å². The maximum absolute atomic E-state index is 13.1. The van der Waals surface area contributed by atoms with Crippen molar-refractivity contribution in [2.45, 2.75) is 34.0 Å². The minimum absolute atomic E-state index is 0.0163. The van der Waals surface area contributed by atoms with Crippen molar-refractivity contribution in [1.29, 1.82) is 0 Å². The highest BCUT2D eigenvalue weighted by Gasteiger charge is 2.27. The summed E-state index contributed by atoms with van der Waals surface area (Å²) in [5.41, 5.74) is 1.53. The molecule has 0 atom stereocenters. The van der Waals surface area contributed by atoms with Crippen LogP contribution in [0.15, 0.2) is 63.4 Å². The number of carbonyl (C=O) groups is 2. The molecule has 1 N–H and O–H groups in total. The molecule has 5 aromatic rings. The average molecular weight is 655 g/mol. The van der Waals surface area contributed by atoms with Crippen molar-refractivity contribution in [3.63, 3.8) is 0 Å². The summed E-state index contributed by atoms with van der Waals surface area (Å²) >= 11 is 0. The monoisotopic (exact) mass is 654 g/mol. The van der Waals surface area contributed by atoms with Gasteiger partial charge in [-0.05, 0) is 38.5 Å². The van der Waals surface area contributed by atoms with E-state index < -0.39 is 22.3 Å². The fourth-order valence-electron chi connectivity index (χ4n) is 4.81. The molecule has 13 nitrogen and oxygen atoms in total. The zero-order valence-electron chi connectivity index (χ0n) is 25.3. The lowest BCUT2D eigenvalue weighted by molar-refractivity contribution is 0.0514. The van der Waals surface area contributed by atoms with Gasteiger partial charge < -0.3 is 36.7 Å². The molecule has 46 heavy (non-hydrogen) atoms. The molecule has 0 saturated heterocycles. The van der Waals surface area contributed by atoms with Crippen LogP contribution in [0.25, 0.3) is 21.9 Å². The Bertz CT molecular complexity index is 2010. The molecular formula is C32H30O13S. The largest absolute Gasteiger partial charge is 0.493 e. The topological polar surface area (TPSA) is 170 Å². The van der Waals surface area contributed by atoms with Gasteiger partial charge in [0.25, 0.3) is 0 Å². The molecule has 5 rings (SSSR count). The molecule has 0 aliphatic carbocycles. The van der Waals surface area contributed by atoms with Crippen molar-refractivity contribution in [1.82, 2.24) is 0 Å². The lowest BCUT2D eigenvalue weighted by Gasteiger charge is -2.13. The summed E-state index contributed by atoms with van der Waals surface area (Å²) in [4.78, 5) is 25.9. The lowest BCUT2D eigenvalue weighted by Crippen LogP contribution is -2.09. The molecule has 0 amide bonds. The zero-order valence-corrected chi connectivity index (χ0v) is 26.1. The van der Waals surface area contributed by atoms with Crippen molar-refractivity contribution in [2.24, 2.45) is 0 Å². The standard InChI is InChI=1S/C32H30O13S/c1-5-39-31(33)29-18(3)43-22-15-26(41-16-19-10-8-7-9-11-19)25(12-20(22)29)42-17-28-30(32(34)40-6-2)21-13-27(45-46(35,36)37)24(38-4)14-23(21)44-28/h7-15H,5-6,16-17H2,1-4H3,(H,35,36,37). The summed E-state index contributed by atoms with van der Waals surface area (Å²) in [7, 11) is -3.67. The number of esters is 2. The van der Waals surface area contributed by atoms with Crippen LogP contribution < -0.4 is 18.4 Å². The minimum atomic E-state index is -4.93. The fourth-order valence-corrected chi connectivity index (χ4v) is 5.17. The molecule has 0 saturated carbocycles. The SMILES string of the molecule is CCOC(=O)c1c(C)oc2cc(OCc3ccccc3)c(OCc3oc4cc(OC)c(OS(=O)(=O)O)cc4c3C(=O)OCC)cc12. The molecule has 0 bridgehead atoms. The first kappa shape index (κ1) is 32.2. The number of fused-ring (bicyclic) bond motifs is 2. The summed E-state index contributed by atoms with van der Waals surface area (Å²) in [6.45, 7) is 5.00. The first-order valence-electron chi connectivity index (χ1n) is 14.0. The molecule has 0 fully saturated rings. The highest BCUT2D eigenvalue weighted by Crippen LogP contribution is 2.40. The Kier molecular flexibility index (Phi) is 9.39. The van der Waals surface area contributed by atoms with E-state index in [2.05, 4.69) is 4.18 Å². The smallest absolute Gasteiger partial charge is 0.446 e. The van der Waals surface area contributed by atoms with E-state index in [9.17, 15) is 22.6 Å². The summed E-state index contributed by atoms with van der Waals surface area (Å²) in [5, 5.41) is 0.535. The second-order valence-electron chi connectivity index (χ2n) is 9.74. The molecule has 0 radical (unpaired) electrons. The van der Waals surface area contributed by atoms with Crippen molar-refractivity contribution < 1.29 is 59.3 Å². The number of methoxy groups -OCH3 is 1. The Morgan fingerprint density at radius 2 is 1.33 bits per heavy atom. The number of hydrogen-bond acceptors (Lipinski definition) is 12. The number of carbonyl (C=O) groups excluding carboxylic acids is 2. The minimum Gasteiger partial charge on any atom is -0.493 e. The molecule has 0 spiro atoms. The first-order valence-corrected chi connectivity index (χ1v) is 15.4. The molecule has 242 valence electrons. The van der Waals surface area contributed by atoms with Crippen LogP contribution >= 0.6 is 0 Å². The first-order chi connectivity index (χ1) is 22.0. The van der Waals surface area contributed by atoms with Gasteiger partial charge in [0, 0.05) is 22.9 Å². The van der Waals surface area contributed by atoms with Crippen molar-refractivity contribution in [3.8, 4) is 23.0 Å². The number of rotatable bonds is 13. The molecule has 3 aromatic carbocycles. The third-order valence-electron chi connectivity index (χ3n) is 6.73. The normalized spacial score (nSPS) is 11.4. The van der Waals surface area contributed by atoms with Crippen LogP contribution in [0.3, 0.4) is 0 Å². The van der Waals surface area contributed by atoms with Gasteiger partial charge in [-0.3, -0.25) is 4.55 Å². The molecule has 14 heteroatoms. The second-order valence-corrected chi connectivity index (χ2v) is 10.8. The zero-order chi connectivity index (χ0) is 33.0. The van der Waals surface area contributed by atoms with E-state index in [4.69, 9.17) is 32.5 Å². The van der Waals surface area contributed by atoms with Crippen LogP contribution in [-0.2, 0) is 33.1 Å². The van der Waals surface area contributed by atoms with E-state index in [-0.39, 0.29) is 77.3 Å². The molecule has 2 heterocycles. The fraction of sp³-hybridized carbons (Fsp3) is 0.250. The number of ether oxygens (including phenoxy) is 5. The van der Waals surface area contributed by atoms with Crippen molar-refractivity contribution >= 4 is 44.3 Å². The summed E-state index contributed by atoms with van der Waals surface area (Å²) in [6.07, 6.45) is 0. The van der Waals surface area contributed by atoms with Gasteiger partial charge in [-0.1, -0.05) is 30.3 Å². The third-order valence-corrected chi connectivity index (χ3v) is 7.12. The molecule has 0 unspecified atom stereocenters. The Morgan fingerprint density at radius 1 is 0.761 bits per heavy atom. The van der Waals surface area contributed by atoms with Crippen LogP contribution in [0.4, 0.5) is 0 Å². The summed E-state index contributed by atoms with van der Waals surface area (Å²) in [5.74, 6) is -1.00. The molecule has 0 aliphatic heterocycles. The van der Waals surface area contributed by atoms with E-state index in [0.29, 0.717) is 16.7 Å². The maximum atomic E-state index is 13.1. The van der Waals surface area contributed by atoms with Crippen LogP contribution in [0.1, 0.15) is 51.6 Å². The van der Waals surface area contributed by atoms with E-state index in [1.165, 1.54) is 19.2 Å². The summed E-state index contributed by atoms with van der Waals surface area (Å²) in [6, 6.07) is 15.1. The van der Waals surface area contributed by atoms with Gasteiger partial charge in [-0.2, -0.15) is 8.42 Å². The maximum Gasteiger partial charge on any atom is 0.446 e. The van der Waals surface area contributed by atoms with Gasteiger partial charge in [-0.15, -0.1) is 0 Å². The number of benzene rings is 3. The number of hydrogen-bond donors (Lipinski definition) is 1.